The number of aryl methyl sites for hydroxylation is 1. The second-order valence-corrected chi connectivity index (χ2v) is 8.97. The Kier molecular flexibility index (Phi) is 10.4. The Hall–Kier alpha value is -1.51. The van der Waals surface area contributed by atoms with Crippen molar-refractivity contribution in [1.82, 2.24) is 16.0 Å². The normalized spacial score (nSPS) is 21.1. The predicted molar refractivity (Wildman–Crippen MR) is 137 cm³/mol. The van der Waals surface area contributed by atoms with Gasteiger partial charge in [-0.25, -0.2) is 4.99 Å². The van der Waals surface area contributed by atoms with Gasteiger partial charge in [-0.2, -0.15) is 0 Å². The molecule has 7 heteroatoms. The zero-order valence-electron chi connectivity index (χ0n) is 19.2. The largest absolute Gasteiger partial charge is 0.508 e. The van der Waals surface area contributed by atoms with E-state index in [1.807, 2.05) is 19.9 Å². The van der Waals surface area contributed by atoms with E-state index in [1.165, 1.54) is 24.0 Å². The fourth-order valence-corrected chi connectivity index (χ4v) is 4.70. The first-order valence-electron chi connectivity index (χ1n) is 11.7. The number of amides is 1. The first kappa shape index (κ1) is 25.7. The fourth-order valence-electron chi connectivity index (χ4n) is 4.70. The standard InChI is InChI=1S/C24H38N4O2.HI/c1-4-25-24(28-19-10-7-9-18(14-19)23(30)27-16(2)3)26-15-21-20-11-6-5-8-17(20)12-13-22(21)29;/h12-13,16,18-19,29H,4-11,14-15H2,1-3H3,(H,27,30)(H2,25,26,28);1H. The van der Waals surface area contributed by atoms with Crippen molar-refractivity contribution in [3.05, 3.63) is 28.8 Å². The maximum Gasteiger partial charge on any atom is 0.223 e. The Morgan fingerprint density at radius 2 is 1.97 bits per heavy atom. The van der Waals surface area contributed by atoms with Gasteiger partial charge in [0.1, 0.15) is 5.75 Å². The number of fused-ring (bicyclic) bond motifs is 1. The zero-order chi connectivity index (χ0) is 21.5. The van der Waals surface area contributed by atoms with Gasteiger partial charge >= 0.3 is 0 Å². The highest BCUT2D eigenvalue weighted by molar-refractivity contribution is 14.0. The molecule has 174 valence electrons. The topological polar surface area (TPSA) is 85.8 Å². The Morgan fingerprint density at radius 1 is 1.19 bits per heavy atom. The number of guanidine groups is 1. The van der Waals surface area contributed by atoms with Gasteiger partial charge in [0.05, 0.1) is 6.54 Å². The maximum absolute atomic E-state index is 12.4. The molecule has 0 aromatic heterocycles. The van der Waals surface area contributed by atoms with Gasteiger partial charge in [-0.3, -0.25) is 4.79 Å². The number of halogens is 1. The number of nitrogens with zero attached hydrogens (tertiary/aromatic N) is 1. The van der Waals surface area contributed by atoms with Gasteiger partial charge in [0, 0.05) is 30.1 Å². The quantitative estimate of drug-likeness (QED) is 0.249. The van der Waals surface area contributed by atoms with Gasteiger partial charge in [0.15, 0.2) is 5.96 Å². The summed E-state index contributed by atoms with van der Waals surface area (Å²) < 4.78 is 0. The molecule has 1 fully saturated rings. The molecule has 0 bridgehead atoms. The third kappa shape index (κ3) is 7.26. The molecule has 4 N–H and O–H groups in total. The molecule has 6 nitrogen and oxygen atoms in total. The Bertz CT molecular complexity index is 766. The number of carbonyl (C=O) groups is 1. The van der Waals surface area contributed by atoms with Gasteiger partial charge in [-0.15, -0.1) is 24.0 Å². The van der Waals surface area contributed by atoms with Crippen molar-refractivity contribution in [2.45, 2.75) is 90.8 Å². The number of phenols is 1. The summed E-state index contributed by atoms with van der Waals surface area (Å²) in [6.07, 6.45) is 8.37. The van der Waals surface area contributed by atoms with Crippen LogP contribution in [-0.2, 0) is 24.2 Å². The first-order chi connectivity index (χ1) is 14.5. The second-order valence-electron chi connectivity index (χ2n) is 8.97. The molecule has 0 heterocycles. The minimum atomic E-state index is 0. The predicted octanol–water partition coefficient (Wildman–Crippen LogP) is 4.03. The van der Waals surface area contributed by atoms with E-state index in [0.29, 0.717) is 12.3 Å². The molecule has 0 spiro atoms. The lowest BCUT2D eigenvalue weighted by Crippen LogP contribution is -2.47. The first-order valence-corrected chi connectivity index (χ1v) is 11.7. The second kappa shape index (κ2) is 12.5. The number of nitrogens with one attached hydrogen (secondary N) is 3. The molecule has 2 aliphatic rings. The average molecular weight is 543 g/mol. The molecular formula is C24H39IN4O2. The molecule has 1 amide bonds. The molecule has 0 radical (unpaired) electrons. The summed E-state index contributed by atoms with van der Waals surface area (Å²) >= 11 is 0. The summed E-state index contributed by atoms with van der Waals surface area (Å²) in [5.41, 5.74) is 3.60. The Morgan fingerprint density at radius 3 is 2.71 bits per heavy atom. The minimum absolute atomic E-state index is 0. The Balaban J connectivity index is 0.00000341. The summed E-state index contributed by atoms with van der Waals surface area (Å²) in [7, 11) is 0. The smallest absolute Gasteiger partial charge is 0.223 e. The number of phenolic OH excluding ortho intramolecular Hbond substituents is 1. The van der Waals surface area contributed by atoms with Crippen LogP contribution in [0.3, 0.4) is 0 Å². The average Bonchev–Trinajstić information content (AvgIpc) is 2.73. The van der Waals surface area contributed by atoms with Crippen LogP contribution in [-0.4, -0.2) is 35.6 Å². The number of rotatable bonds is 6. The van der Waals surface area contributed by atoms with E-state index in [0.717, 1.165) is 56.6 Å². The van der Waals surface area contributed by atoms with Gasteiger partial charge in [-0.05, 0) is 82.9 Å². The van der Waals surface area contributed by atoms with E-state index in [-0.39, 0.29) is 47.9 Å². The molecule has 2 atom stereocenters. The molecule has 1 saturated carbocycles. The summed E-state index contributed by atoms with van der Waals surface area (Å²) in [4.78, 5) is 17.2. The van der Waals surface area contributed by atoms with E-state index in [1.54, 1.807) is 0 Å². The van der Waals surface area contributed by atoms with E-state index < -0.39 is 0 Å². The molecule has 2 unspecified atom stereocenters. The molecule has 0 aliphatic heterocycles. The number of aromatic hydroxyl groups is 1. The zero-order valence-corrected chi connectivity index (χ0v) is 21.5. The van der Waals surface area contributed by atoms with Gasteiger partial charge in [-0.1, -0.05) is 12.5 Å². The summed E-state index contributed by atoms with van der Waals surface area (Å²) in [5.74, 6) is 1.34. The molecule has 0 saturated heterocycles. The van der Waals surface area contributed by atoms with Crippen LogP contribution >= 0.6 is 24.0 Å². The van der Waals surface area contributed by atoms with Crippen LogP contribution in [0.5, 0.6) is 5.75 Å². The van der Waals surface area contributed by atoms with Crippen molar-refractivity contribution in [3.8, 4) is 5.75 Å². The lowest BCUT2D eigenvalue weighted by atomic mass is 9.85. The van der Waals surface area contributed by atoms with Crippen LogP contribution in [0.15, 0.2) is 17.1 Å². The van der Waals surface area contributed by atoms with Crippen LogP contribution in [0.2, 0.25) is 0 Å². The number of carbonyl (C=O) groups excluding carboxylic acids is 1. The molecule has 1 aromatic carbocycles. The van der Waals surface area contributed by atoms with E-state index in [2.05, 4.69) is 28.9 Å². The third-order valence-electron chi connectivity index (χ3n) is 6.18. The van der Waals surface area contributed by atoms with Gasteiger partial charge in [0.25, 0.3) is 0 Å². The van der Waals surface area contributed by atoms with Crippen LogP contribution in [0.1, 0.15) is 76.0 Å². The molecule has 31 heavy (non-hydrogen) atoms. The number of benzene rings is 1. The van der Waals surface area contributed by atoms with Crippen molar-refractivity contribution in [2.75, 3.05) is 6.54 Å². The number of aliphatic imine (C=N–C) groups is 1. The van der Waals surface area contributed by atoms with Crippen LogP contribution < -0.4 is 16.0 Å². The lowest BCUT2D eigenvalue weighted by molar-refractivity contribution is -0.126. The highest BCUT2D eigenvalue weighted by Crippen LogP contribution is 2.31. The molecule has 2 aliphatic carbocycles. The monoisotopic (exact) mass is 542 g/mol. The summed E-state index contributed by atoms with van der Waals surface area (Å²) in [6, 6.07) is 4.28. The van der Waals surface area contributed by atoms with Crippen molar-refractivity contribution >= 4 is 35.8 Å². The number of hydrogen-bond donors (Lipinski definition) is 4. The van der Waals surface area contributed by atoms with Crippen molar-refractivity contribution in [1.29, 1.82) is 0 Å². The van der Waals surface area contributed by atoms with Crippen LogP contribution in [0, 0.1) is 5.92 Å². The highest BCUT2D eigenvalue weighted by Gasteiger charge is 2.28. The van der Waals surface area contributed by atoms with Crippen LogP contribution in [0.4, 0.5) is 0 Å². The SMILES string of the molecule is CCNC(=NCc1c(O)ccc2c1CCCC2)NC1CCCC(C(=O)NC(C)C)C1.I. The minimum Gasteiger partial charge on any atom is -0.508 e. The van der Waals surface area contributed by atoms with Crippen molar-refractivity contribution < 1.29 is 9.90 Å². The molecule has 1 aromatic rings. The maximum atomic E-state index is 12.4. The highest BCUT2D eigenvalue weighted by atomic mass is 127. The fraction of sp³-hybridized carbons (Fsp3) is 0.667. The molecule has 3 rings (SSSR count). The molecular weight excluding hydrogens is 503 g/mol. The third-order valence-corrected chi connectivity index (χ3v) is 6.18. The Labute approximate surface area is 204 Å². The number of hydrogen-bond acceptors (Lipinski definition) is 3. The van der Waals surface area contributed by atoms with Gasteiger partial charge in [0.2, 0.25) is 5.91 Å². The van der Waals surface area contributed by atoms with E-state index in [9.17, 15) is 9.90 Å². The van der Waals surface area contributed by atoms with Crippen molar-refractivity contribution in [2.24, 2.45) is 10.9 Å². The van der Waals surface area contributed by atoms with Gasteiger partial charge < -0.3 is 21.1 Å². The van der Waals surface area contributed by atoms with E-state index in [4.69, 9.17) is 4.99 Å². The lowest BCUT2D eigenvalue weighted by Gasteiger charge is -2.30. The van der Waals surface area contributed by atoms with Crippen LogP contribution in [0.25, 0.3) is 0 Å². The van der Waals surface area contributed by atoms with E-state index >= 15 is 0 Å². The summed E-state index contributed by atoms with van der Waals surface area (Å²) in [5, 5.41) is 20.4. The van der Waals surface area contributed by atoms with Crippen molar-refractivity contribution in [3.63, 3.8) is 0 Å². The summed E-state index contributed by atoms with van der Waals surface area (Å²) in [6.45, 7) is 7.30.